The molecule has 0 bridgehead atoms. The smallest absolute Gasteiger partial charge is 0.242 e. The fourth-order valence-electron chi connectivity index (χ4n) is 1.93. The zero-order chi connectivity index (χ0) is 14.9. The van der Waals surface area contributed by atoms with E-state index in [0.717, 1.165) is 22.4 Å². The Morgan fingerprint density at radius 1 is 1.00 bits per heavy atom. The molecule has 0 aliphatic rings. The van der Waals surface area contributed by atoms with E-state index in [2.05, 4.69) is 37.0 Å². The average molecular weight is 291 g/mol. The lowest BCUT2D eigenvalue weighted by atomic mass is 9.86. The van der Waals surface area contributed by atoms with Crippen LogP contribution in [0.3, 0.4) is 0 Å². The number of aromatic nitrogens is 2. The van der Waals surface area contributed by atoms with Gasteiger partial charge in [0.25, 0.3) is 0 Å². The van der Waals surface area contributed by atoms with Crippen molar-refractivity contribution in [2.45, 2.75) is 40.0 Å². The molecule has 0 fully saturated rings. The van der Waals surface area contributed by atoms with Crippen molar-refractivity contribution in [2.24, 2.45) is 0 Å². The van der Waals surface area contributed by atoms with Gasteiger partial charge < -0.3 is 4.74 Å². The number of hydrogen-bond acceptors (Lipinski definition) is 3. The van der Waals surface area contributed by atoms with E-state index in [4.69, 9.17) is 16.3 Å². The largest absolute Gasteiger partial charge is 0.437 e. The minimum atomic E-state index is -0.000598. The van der Waals surface area contributed by atoms with Gasteiger partial charge in [-0.15, -0.1) is 10.2 Å². The topological polar surface area (TPSA) is 35.0 Å². The van der Waals surface area contributed by atoms with E-state index < -0.39 is 0 Å². The molecule has 0 N–H and O–H groups in total. The van der Waals surface area contributed by atoms with Crippen LogP contribution in [0.15, 0.2) is 24.3 Å². The Morgan fingerprint density at radius 2 is 1.65 bits per heavy atom. The molecule has 2 aromatic rings. The number of benzene rings is 1. The maximum absolute atomic E-state index is 5.97. The fourth-order valence-corrected chi connectivity index (χ4v) is 2.11. The number of para-hydroxylation sites is 1. The van der Waals surface area contributed by atoms with E-state index in [1.165, 1.54) is 0 Å². The summed E-state index contributed by atoms with van der Waals surface area (Å²) in [6.45, 7) is 10.3. The highest BCUT2D eigenvalue weighted by atomic mass is 35.5. The van der Waals surface area contributed by atoms with Gasteiger partial charge in [0.2, 0.25) is 5.88 Å². The van der Waals surface area contributed by atoms with Gasteiger partial charge in [-0.05, 0) is 30.9 Å². The Morgan fingerprint density at radius 3 is 2.30 bits per heavy atom. The van der Waals surface area contributed by atoms with Gasteiger partial charge in [-0.25, -0.2) is 0 Å². The summed E-state index contributed by atoms with van der Waals surface area (Å²) in [6.07, 6.45) is 0. The third-order valence-corrected chi connectivity index (χ3v) is 3.68. The van der Waals surface area contributed by atoms with Crippen LogP contribution in [0.2, 0.25) is 5.15 Å². The first-order valence-corrected chi connectivity index (χ1v) is 6.95. The van der Waals surface area contributed by atoms with Crippen LogP contribution in [0.4, 0.5) is 0 Å². The van der Waals surface area contributed by atoms with Gasteiger partial charge in [-0.3, -0.25) is 0 Å². The zero-order valence-corrected chi connectivity index (χ0v) is 13.2. The number of halogens is 1. The highest BCUT2D eigenvalue weighted by Gasteiger charge is 2.20. The van der Waals surface area contributed by atoms with Gasteiger partial charge in [-0.1, -0.05) is 50.6 Å². The molecular formula is C16H19ClN2O. The third kappa shape index (κ3) is 2.93. The maximum Gasteiger partial charge on any atom is 0.242 e. The van der Waals surface area contributed by atoms with E-state index in [-0.39, 0.29) is 5.41 Å². The molecule has 4 heteroatoms. The summed E-state index contributed by atoms with van der Waals surface area (Å²) in [6, 6.07) is 7.99. The Hall–Kier alpha value is -1.61. The summed E-state index contributed by atoms with van der Waals surface area (Å²) in [7, 11) is 0. The van der Waals surface area contributed by atoms with Gasteiger partial charge in [0.05, 0.1) is 0 Å². The summed E-state index contributed by atoms with van der Waals surface area (Å²) >= 11 is 5.96. The van der Waals surface area contributed by atoms with Crippen molar-refractivity contribution in [2.75, 3.05) is 0 Å². The highest BCUT2D eigenvalue weighted by Crippen LogP contribution is 2.34. The van der Waals surface area contributed by atoms with Gasteiger partial charge in [0, 0.05) is 11.1 Å². The lowest BCUT2D eigenvalue weighted by molar-refractivity contribution is 0.430. The van der Waals surface area contributed by atoms with Crippen LogP contribution in [0, 0.1) is 13.8 Å². The molecule has 0 saturated heterocycles. The lowest BCUT2D eigenvalue weighted by Gasteiger charge is -2.22. The molecular weight excluding hydrogens is 272 g/mol. The first kappa shape index (κ1) is 14.8. The second-order valence-corrected chi connectivity index (χ2v) is 6.25. The average Bonchev–Trinajstić information content (AvgIpc) is 2.39. The molecule has 0 saturated carbocycles. The summed E-state index contributed by atoms with van der Waals surface area (Å²) < 4.78 is 5.97. The second-order valence-electron chi connectivity index (χ2n) is 5.89. The molecule has 1 heterocycles. The molecule has 0 aliphatic carbocycles. The number of hydrogen-bond donors (Lipinski definition) is 0. The van der Waals surface area contributed by atoms with E-state index in [1.54, 1.807) is 0 Å². The van der Waals surface area contributed by atoms with Crippen molar-refractivity contribution in [3.63, 3.8) is 0 Å². The lowest BCUT2D eigenvalue weighted by Crippen LogP contribution is -2.12. The molecule has 0 amide bonds. The summed E-state index contributed by atoms with van der Waals surface area (Å²) in [5.41, 5.74) is 2.94. The van der Waals surface area contributed by atoms with Crippen LogP contribution in [-0.4, -0.2) is 10.2 Å². The van der Waals surface area contributed by atoms with Crippen LogP contribution in [-0.2, 0) is 5.41 Å². The van der Waals surface area contributed by atoms with E-state index in [9.17, 15) is 0 Å². The predicted octanol–water partition coefficient (Wildman–Crippen LogP) is 4.84. The standard InChI is InChI=1S/C16H19ClN2O/c1-10-11(2)15(19-18-14(10)17)20-13-9-7-6-8-12(13)16(3,4)5/h6-9H,1-5H3. The Kier molecular flexibility index (Phi) is 4.00. The van der Waals surface area contributed by atoms with Gasteiger partial charge >= 0.3 is 0 Å². The van der Waals surface area contributed by atoms with Crippen molar-refractivity contribution in [3.8, 4) is 11.6 Å². The summed E-state index contributed by atoms with van der Waals surface area (Å²) in [5.74, 6) is 1.31. The zero-order valence-electron chi connectivity index (χ0n) is 12.5. The number of rotatable bonds is 2. The molecule has 3 nitrogen and oxygen atoms in total. The van der Waals surface area contributed by atoms with Crippen LogP contribution in [0.25, 0.3) is 0 Å². The van der Waals surface area contributed by atoms with Crippen LogP contribution < -0.4 is 4.74 Å². The minimum Gasteiger partial charge on any atom is -0.437 e. The molecule has 0 aliphatic heterocycles. The normalized spacial score (nSPS) is 11.5. The number of nitrogens with zero attached hydrogens (tertiary/aromatic N) is 2. The van der Waals surface area contributed by atoms with E-state index in [1.807, 2.05) is 32.0 Å². The molecule has 1 aromatic carbocycles. The quantitative estimate of drug-likeness (QED) is 0.794. The Balaban J connectivity index is 2.44. The van der Waals surface area contributed by atoms with Crippen molar-refractivity contribution >= 4 is 11.6 Å². The molecule has 0 atom stereocenters. The SMILES string of the molecule is Cc1c(Cl)nnc(Oc2ccccc2C(C)(C)C)c1C. The molecule has 0 spiro atoms. The van der Waals surface area contributed by atoms with Crippen molar-refractivity contribution in [1.82, 2.24) is 10.2 Å². The van der Waals surface area contributed by atoms with Crippen molar-refractivity contribution in [3.05, 3.63) is 46.1 Å². The first-order valence-electron chi connectivity index (χ1n) is 6.57. The van der Waals surface area contributed by atoms with Gasteiger partial charge in [-0.2, -0.15) is 0 Å². The molecule has 2 rings (SSSR count). The molecule has 1 aromatic heterocycles. The summed E-state index contributed by atoms with van der Waals surface area (Å²) in [4.78, 5) is 0. The van der Waals surface area contributed by atoms with Crippen molar-refractivity contribution < 1.29 is 4.74 Å². The maximum atomic E-state index is 5.97. The van der Waals surface area contributed by atoms with Crippen LogP contribution in [0.1, 0.15) is 37.5 Å². The predicted molar refractivity (Wildman–Crippen MR) is 81.7 cm³/mol. The van der Waals surface area contributed by atoms with Gasteiger partial charge in [0.1, 0.15) is 5.75 Å². The van der Waals surface area contributed by atoms with Crippen LogP contribution >= 0.6 is 11.6 Å². The number of ether oxygens (including phenoxy) is 1. The minimum absolute atomic E-state index is 0.000598. The van der Waals surface area contributed by atoms with E-state index >= 15 is 0 Å². The molecule has 20 heavy (non-hydrogen) atoms. The molecule has 0 radical (unpaired) electrons. The van der Waals surface area contributed by atoms with E-state index in [0.29, 0.717) is 11.0 Å². The monoisotopic (exact) mass is 290 g/mol. The third-order valence-electron chi connectivity index (χ3n) is 3.32. The molecule has 0 unspecified atom stereocenters. The first-order chi connectivity index (χ1) is 9.30. The van der Waals surface area contributed by atoms with Crippen molar-refractivity contribution in [1.29, 1.82) is 0 Å². The molecule has 106 valence electrons. The summed E-state index contributed by atoms with van der Waals surface area (Å²) in [5, 5.41) is 8.39. The highest BCUT2D eigenvalue weighted by molar-refractivity contribution is 6.30. The fraction of sp³-hybridized carbons (Fsp3) is 0.375. The van der Waals surface area contributed by atoms with Gasteiger partial charge in [0.15, 0.2) is 5.15 Å². The van der Waals surface area contributed by atoms with Crippen LogP contribution in [0.5, 0.6) is 11.6 Å². The second kappa shape index (κ2) is 5.41. The Labute approximate surface area is 125 Å². The Bertz CT molecular complexity index is 633.